The van der Waals surface area contributed by atoms with Crippen LogP contribution in [0.1, 0.15) is 20.3 Å². The van der Waals surface area contributed by atoms with Crippen LogP contribution in [0.15, 0.2) is 22.9 Å². The SMILES string of the molecule is CC/C(=C\C=C(/C)Cl)OC. The highest BCUT2D eigenvalue weighted by molar-refractivity contribution is 6.29. The summed E-state index contributed by atoms with van der Waals surface area (Å²) in [6.45, 7) is 3.87. The average molecular weight is 161 g/mol. The second kappa shape index (κ2) is 5.36. The average Bonchev–Trinajstić information content (AvgIpc) is 1.90. The maximum absolute atomic E-state index is 5.60. The lowest BCUT2D eigenvalue weighted by Gasteiger charge is -1.98. The molecule has 1 nitrogen and oxygen atoms in total. The summed E-state index contributed by atoms with van der Waals surface area (Å²) in [6.07, 6.45) is 4.60. The molecule has 2 heteroatoms. The van der Waals surface area contributed by atoms with E-state index in [4.69, 9.17) is 16.3 Å². The summed E-state index contributed by atoms with van der Waals surface area (Å²) in [5.74, 6) is 0.944. The van der Waals surface area contributed by atoms with E-state index in [-0.39, 0.29) is 0 Å². The predicted octanol–water partition coefficient (Wildman–Crippen LogP) is 3.07. The van der Waals surface area contributed by atoms with Crippen molar-refractivity contribution in [1.29, 1.82) is 0 Å². The summed E-state index contributed by atoms with van der Waals surface area (Å²) < 4.78 is 5.01. The molecule has 0 aliphatic heterocycles. The van der Waals surface area contributed by atoms with Crippen molar-refractivity contribution in [2.24, 2.45) is 0 Å². The van der Waals surface area contributed by atoms with E-state index in [9.17, 15) is 0 Å². The van der Waals surface area contributed by atoms with Gasteiger partial charge < -0.3 is 4.74 Å². The van der Waals surface area contributed by atoms with E-state index in [1.807, 2.05) is 26.0 Å². The van der Waals surface area contributed by atoms with E-state index in [0.717, 1.165) is 17.2 Å². The van der Waals surface area contributed by atoms with E-state index in [2.05, 4.69) is 0 Å². The van der Waals surface area contributed by atoms with Crippen LogP contribution in [0, 0.1) is 0 Å². The van der Waals surface area contributed by atoms with Gasteiger partial charge in [0, 0.05) is 11.5 Å². The van der Waals surface area contributed by atoms with Crippen molar-refractivity contribution in [3.8, 4) is 0 Å². The van der Waals surface area contributed by atoms with Gasteiger partial charge in [-0.3, -0.25) is 0 Å². The molecule has 0 spiro atoms. The minimum absolute atomic E-state index is 0.767. The Labute approximate surface area is 67.3 Å². The minimum Gasteiger partial charge on any atom is -0.501 e. The van der Waals surface area contributed by atoms with Gasteiger partial charge in [0.25, 0.3) is 0 Å². The molecule has 0 aliphatic rings. The molecule has 0 saturated heterocycles. The number of halogens is 1. The highest BCUT2D eigenvalue weighted by atomic mass is 35.5. The monoisotopic (exact) mass is 160 g/mol. The van der Waals surface area contributed by atoms with Crippen molar-refractivity contribution in [2.45, 2.75) is 20.3 Å². The molecule has 0 fully saturated rings. The fourth-order valence-corrected chi connectivity index (χ4v) is 0.601. The standard InChI is InChI=1S/C8H13ClO/c1-4-8(10-3)6-5-7(2)9/h5-6H,4H2,1-3H3/b7-5+,8-6+. The molecule has 0 radical (unpaired) electrons. The van der Waals surface area contributed by atoms with Crippen LogP contribution < -0.4 is 0 Å². The largest absolute Gasteiger partial charge is 0.501 e. The lowest BCUT2D eigenvalue weighted by atomic mass is 10.3. The van der Waals surface area contributed by atoms with E-state index in [1.54, 1.807) is 7.11 Å². The third kappa shape index (κ3) is 4.45. The van der Waals surface area contributed by atoms with Crippen LogP contribution in [0.5, 0.6) is 0 Å². The van der Waals surface area contributed by atoms with Gasteiger partial charge in [0.05, 0.1) is 12.9 Å². The van der Waals surface area contributed by atoms with E-state index in [0.29, 0.717) is 0 Å². The Hall–Kier alpha value is -0.430. The maximum atomic E-state index is 5.60. The molecule has 0 rings (SSSR count). The second-order valence-corrected chi connectivity index (χ2v) is 2.54. The molecule has 0 aliphatic carbocycles. The third-order valence-corrected chi connectivity index (χ3v) is 1.24. The lowest BCUT2D eigenvalue weighted by Crippen LogP contribution is -1.81. The van der Waals surface area contributed by atoms with Gasteiger partial charge in [0.1, 0.15) is 0 Å². The zero-order valence-electron chi connectivity index (χ0n) is 6.65. The number of ether oxygens (including phenoxy) is 1. The van der Waals surface area contributed by atoms with Crippen LogP contribution >= 0.6 is 11.6 Å². The molecular formula is C8H13ClO. The fourth-order valence-electron chi connectivity index (χ4n) is 0.538. The zero-order chi connectivity index (χ0) is 7.98. The molecule has 0 aromatic carbocycles. The van der Waals surface area contributed by atoms with Gasteiger partial charge in [-0.15, -0.1) is 0 Å². The number of hydrogen-bond donors (Lipinski definition) is 0. The van der Waals surface area contributed by atoms with Crippen molar-refractivity contribution < 1.29 is 4.74 Å². The third-order valence-electron chi connectivity index (χ3n) is 1.11. The fraction of sp³-hybridized carbons (Fsp3) is 0.500. The van der Waals surface area contributed by atoms with Gasteiger partial charge in [-0.2, -0.15) is 0 Å². The number of hydrogen-bond acceptors (Lipinski definition) is 1. The molecule has 0 aromatic heterocycles. The Balaban J connectivity index is 3.99. The van der Waals surface area contributed by atoms with Gasteiger partial charge in [-0.25, -0.2) is 0 Å². The minimum atomic E-state index is 0.767. The Kier molecular flexibility index (Phi) is 5.13. The highest BCUT2D eigenvalue weighted by Gasteiger charge is 1.86. The summed E-state index contributed by atoms with van der Waals surface area (Å²) >= 11 is 5.60. The number of rotatable bonds is 3. The Morgan fingerprint density at radius 2 is 2.10 bits per heavy atom. The molecule has 0 aromatic rings. The lowest BCUT2D eigenvalue weighted by molar-refractivity contribution is 0.281. The first-order valence-corrected chi connectivity index (χ1v) is 3.65. The summed E-state index contributed by atoms with van der Waals surface area (Å²) in [6, 6.07) is 0. The van der Waals surface area contributed by atoms with Crippen LogP contribution in [-0.2, 0) is 4.74 Å². The van der Waals surface area contributed by atoms with Crippen LogP contribution in [0.2, 0.25) is 0 Å². The van der Waals surface area contributed by atoms with Crippen molar-refractivity contribution in [3.05, 3.63) is 22.9 Å². The summed E-state index contributed by atoms with van der Waals surface area (Å²) in [5.41, 5.74) is 0. The van der Waals surface area contributed by atoms with E-state index < -0.39 is 0 Å². The quantitative estimate of drug-likeness (QED) is 0.456. The number of allylic oxidation sites excluding steroid dienone is 4. The van der Waals surface area contributed by atoms with Crippen molar-refractivity contribution in [2.75, 3.05) is 7.11 Å². The zero-order valence-corrected chi connectivity index (χ0v) is 7.40. The number of methoxy groups -OCH3 is 1. The molecule has 0 unspecified atom stereocenters. The topological polar surface area (TPSA) is 9.23 Å². The van der Waals surface area contributed by atoms with Crippen LogP contribution in [0.3, 0.4) is 0 Å². The molecule has 0 saturated carbocycles. The summed E-state index contributed by atoms with van der Waals surface area (Å²) in [4.78, 5) is 0. The first-order valence-electron chi connectivity index (χ1n) is 3.27. The van der Waals surface area contributed by atoms with Gasteiger partial charge in [-0.05, 0) is 19.1 Å². The highest BCUT2D eigenvalue weighted by Crippen LogP contribution is 2.04. The molecule has 0 heterocycles. The van der Waals surface area contributed by atoms with Crippen LogP contribution in [0.4, 0.5) is 0 Å². The molecule has 58 valence electrons. The molecule has 0 amide bonds. The Morgan fingerprint density at radius 1 is 1.50 bits per heavy atom. The Morgan fingerprint density at radius 3 is 2.40 bits per heavy atom. The summed E-state index contributed by atoms with van der Waals surface area (Å²) in [5, 5.41) is 0.767. The van der Waals surface area contributed by atoms with Gasteiger partial charge >= 0.3 is 0 Å². The van der Waals surface area contributed by atoms with E-state index in [1.165, 1.54) is 0 Å². The van der Waals surface area contributed by atoms with Crippen molar-refractivity contribution in [1.82, 2.24) is 0 Å². The van der Waals surface area contributed by atoms with Crippen LogP contribution in [0.25, 0.3) is 0 Å². The first kappa shape index (κ1) is 9.57. The van der Waals surface area contributed by atoms with E-state index >= 15 is 0 Å². The van der Waals surface area contributed by atoms with Gasteiger partial charge in [0.15, 0.2) is 0 Å². The predicted molar refractivity (Wildman–Crippen MR) is 45.0 cm³/mol. The van der Waals surface area contributed by atoms with Gasteiger partial charge in [-0.1, -0.05) is 18.5 Å². The molecule has 0 atom stereocenters. The first-order chi connectivity index (χ1) is 4.70. The van der Waals surface area contributed by atoms with Crippen molar-refractivity contribution >= 4 is 11.6 Å². The van der Waals surface area contributed by atoms with Crippen LogP contribution in [-0.4, -0.2) is 7.11 Å². The molecule has 0 N–H and O–H groups in total. The molecule has 10 heavy (non-hydrogen) atoms. The molecule has 0 bridgehead atoms. The normalized spacial score (nSPS) is 13.6. The maximum Gasteiger partial charge on any atom is 0.0953 e. The molecular weight excluding hydrogens is 148 g/mol. The van der Waals surface area contributed by atoms with Gasteiger partial charge in [0.2, 0.25) is 0 Å². The summed E-state index contributed by atoms with van der Waals surface area (Å²) in [7, 11) is 1.66. The van der Waals surface area contributed by atoms with Crippen molar-refractivity contribution in [3.63, 3.8) is 0 Å². The smallest absolute Gasteiger partial charge is 0.0953 e. The Bertz CT molecular complexity index is 137. The second-order valence-electron chi connectivity index (χ2n) is 1.94.